The summed E-state index contributed by atoms with van der Waals surface area (Å²) in [7, 11) is 0. The second kappa shape index (κ2) is 13.4. The van der Waals surface area contributed by atoms with Gasteiger partial charge in [0.1, 0.15) is 0 Å². The van der Waals surface area contributed by atoms with Gasteiger partial charge < -0.3 is 4.90 Å². The molecule has 0 radical (unpaired) electrons. The van der Waals surface area contributed by atoms with Crippen LogP contribution >= 0.6 is 0 Å². The largest absolute Gasteiger partial charge is 0.310 e. The van der Waals surface area contributed by atoms with Gasteiger partial charge in [-0.05, 0) is 83.1 Å². The standard InChI is InChI=1S/C38H33N.C5H8/c1-5-27(6-2)28-20-22-30(23-21-28)39(37-19-13-11-16-32(37)29-14-8-7-9-15-29)31-24-25-34-33-17-10-12-18-35(33)38(3,4)36(34)26-31;1-3-5-4-2/h5-26H,1H2,2-4H3;3-5H,1H2,2H3/b27-6+;5-4-. The Morgan fingerprint density at radius 1 is 0.636 bits per heavy atom. The summed E-state index contributed by atoms with van der Waals surface area (Å²) in [5.74, 6) is 0. The Balaban J connectivity index is 0.000000712. The molecule has 6 rings (SSSR count). The molecular formula is C43H41N. The van der Waals surface area contributed by atoms with Crippen LogP contribution in [-0.2, 0) is 5.41 Å². The lowest BCUT2D eigenvalue weighted by atomic mass is 9.82. The van der Waals surface area contributed by atoms with Crippen molar-refractivity contribution in [3.63, 3.8) is 0 Å². The minimum absolute atomic E-state index is 0.0683. The number of benzene rings is 5. The number of hydrogen-bond acceptors (Lipinski definition) is 1. The molecule has 0 amide bonds. The average molecular weight is 572 g/mol. The third-order valence-corrected chi connectivity index (χ3v) is 8.37. The Hall–Kier alpha value is -5.14. The summed E-state index contributed by atoms with van der Waals surface area (Å²) >= 11 is 0. The normalized spacial score (nSPS) is 13.0. The minimum Gasteiger partial charge on any atom is -0.310 e. The van der Waals surface area contributed by atoms with Crippen LogP contribution < -0.4 is 4.90 Å². The number of para-hydroxylation sites is 1. The maximum atomic E-state index is 3.99. The van der Waals surface area contributed by atoms with Gasteiger partial charge in [0.15, 0.2) is 0 Å². The fourth-order valence-electron chi connectivity index (χ4n) is 6.13. The molecule has 1 aliphatic carbocycles. The highest BCUT2D eigenvalue weighted by Crippen LogP contribution is 2.51. The summed E-state index contributed by atoms with van der Waals surface area (Å²) in [6.45, 7) is 16.1. The van der Waals surface area contributed by atoms with Crippen LogP contribution in [0.4, 0.5) is 17.1 Å². The van der Waals surface area contributed by atoms with Gasteiger partial charge in [-0.2, -0.15) is 0 Å². The Kier molecular flexibility index (Phi) is 9.26. The Morgan fingerprint density at radius 2 is 1.25 bits per heavy atom. The second-order valence-electron chi connectivity index (χ2n) is 11.4. The summed E-state index contributed by atoms with van der Waals surface area (Å²) in [6, 6.07) is 44.0. The molecule has 218 valence electrons. The van der Waals surface area contributed by atoms with Crippen molar-refractivity contribution in [1.29, 1.82) is 0 Å². The fraction of sp³-hybridized carbons (Fsp3) is 0.116. The SMILES string of the molecule is C=C/C(=C\C)c1ccc(N(c2ccc3c(c2)C(C)(C)c2ccccc2-3)c2ccccc2-c2ccccc2)cc1.C=C/C=C\C. The van der Waals surface area contributed by atoms with E-state index in [2.05, 4.69) is 166 Å². The van der Waals surface area contributed by atoms with Gasteiger partial charge in [-0.3, -0.25) is 0 Å². The Bertz CT molecular complexity index is 1820. The minimum atomic E-state index is -0.0683. The smallest absolute Gasteiger partial charge is 0.0540 e. The van der Waals surface area contributed by atoms with E-state index in [4.69, 9.17) is 0 Å². The lowest BCUT2D eigenvalue weighted by Crippen LogP contribution is -2.16. The van der Waals surface area contributed by atoms with Gasteiger partial charge in [0.05, 0.1) is 5.69 Å². The van der Waals surface area contributed by atoms with Gasteiger partial charge in [-0.25, -0.2) is 0 Å². The van der Waals surface area contributed by atoms with E-state index in [1.54, 1.807) is 6.08 Å². The van der Waals surface area contributed by atoms with E-state index in [1.807, 2.05) is 25.2 Å². The number of rotatable bonds is 7. The van der Waals surface area contributed by atoms with Gasteiger partial charge in [0.25, 0.3) is 0 Å². The molecule has 0 bridgehead atoms. The lowest BCUT2D eigenvalue weighted by Gasteiger charge is -2.30. The molecule has 0 fully saturated rings. The molecule has 5 aromatic rings. The highest BCUT2D eigenvalue weighted by Gasteiger charge is 2.35. The lowest BCUT2D eigenvalue weighted by molar-refractivity contribution is 0.660. The molecule has 0 saturated carbocycles. The molecule has 0 heterocycles. The van der Waals surface area contributed by atoms with Crippen LogP contribution in [0.2, 0.25) is 0 Å². The van der Waals surface area contributed by atoms with Gasteiger partial charge in [0, 0.05) is 22.4 Å². The van der Waals surface area contributed by atoms with Crippen LogP contribution in [0.1, 0.15) is 44.4 Å². The first-order chi connectivity index (χ1) is 21.4. The quantitative estimate of drug-likeness (QED) is 0.176. The van der Waals surface area contributed by atoms with Gasteiger partial charge in [-0.15, -0.1) is 0 Å². The topological polar surface area (TPSA) is 3.24 Å². The van der Waals surface area contributed by atoms with E-state index in [-0.39, 0.29) is 5.41 Å². The highest BCUT2D eigenvalue weighted by molar-refractivity contribution is 5.90. The molecule has 0 unspecified atom stereocenters. The van der Waals surface area contributed by atoms with E-state index in [1.165, 1.54) is 33.4 Å². The third-order valence-electron chi connectivity index (χ3n) is 8.37. The zero-order chi connectivity index (χ0) is 31.1. The molecule has 1 heteroatoms. The Morgan fingerprint density at radius 3 is 1.89 bits per heavy atom. The third kappa shape index (κ3) is 5.87. The molecule has 1 aliphatic rings. The van der Waals surface area contributed by atoms with E-state index in [0.717, 1.165) is 28.2 Å². The van der Waals surface area contributed by atoms with E-state index in [9.17, 15) is 0 Å². The first-order valence-electron chi connectivity index (χ1n) is 15.3. The van der Waals surface area contributed by atoms with Gasteiger partial charge >= 0.3 is 0 Å². The molecule has 0 aromatic heterocycles. The molecule has 0 atom stereocenters. The molecule has 44 heavy (non-hydrogen) atoms. The first-order valence-corrected chi connectivity index (χ1v) is 15.3. The zero-order valence-corrected chi connectivity index (χ0v) is 26.3. The number of nitrogens with zero attached hydrogens (tertiary/aromatic N) is 1. The molecule has 0 aliphatic heterocycles. The van der Waals surface area contributed by atoms with Gasteiger partial charge in [-0.1, -0.05) is 148 Å². The summed E-state index contributed by atoms with van der Waals surface area (Å²) in [5.41, 5.74) is 13.5. The molecule has 5 aromatic carbocycles. The van der Waals surface area contributed by atoms with E-state index in [0.29, 0.717) is 0 Å². The summed E-state index contributed by atoms with van der Waals surface area (Å²) in [4.78, 5) is 2.40. The van der Waals surface area contributed by atoms with Crippen LogP contribution in [0.3, 0.4) is 0 Å². The van der Waals surface area contributed by atoms with Crippen LogP contribution in [0, 0.1) is 0 Å². The van der Waals surface area contributed by atoms with Crippen molar-refractivity contribution in [3.05, 3.63) is 182 Å². The molecule has 0 spiro atoms. The number of fused-ring (bicyclic) bond motifs is 3. The van der Waals surface area contributed by atoms with Crippen LogP contribution in [-0.4, -0.2) is 0 Å². The molecule has 0 saturated heterocycles. The van der Waals surface area contributed by atoms with Crippen LogP contribution in [0.5, 0.6) is 0 Å². The number of hydrogen-bond donors (Lipinski definition) is 0. The van der Waals surface area contributed by atoms with Crippen molar-refractivity contribution < 1.29 is 0 Å². The van der Waals surface area contributed by atoms with Crippen molar-refractivity contribution >= 4 is 22.6 Å². The van der Waals surface area contributed by atoms with Crippen molar-refractivity contribution in [3.8, 4) is 22.3 Å². The predicted octanol–water partition coefficient (Wildman–Crippen LogP) is 12.5. The Labute approximate surface area is 263 Å². The van der Waals surface area contributed by atoms with Crippen LogP contribution in [0.25, 0.3) is 27.8 Å². The molecule has 1 nitrogen and oxygen atoms in total. The fourth-order valence-corrected chi connectivity index (χ4v) is 6.13. The number of anilines is 3. The summed E-state index contributed by atoms with van der Waals surface area (Å²) < 4.78 is 0. The van der Waals surface area contributed by atoms with Crippen molar-refractivity contribution in [2.24, 2.45) is 0 Å². The summed E-state index contributed by atoms with van der Waals surface area (Å²) in [5, 5.41) is 0. The summed E-state index contributed by atoms with van der Waals surface area (Å²) in [6.07, 6.45) is 9.59. The van der Waals surface area contributed by atoms with E-state index < -0.39 is 0 Å². The average Bonchev–Trinajstić information content (AvgIpc) is 3.30. The predicted molar refractivity (Wildman–Crippen MR) is 193 cm³/mol. The second-order valence-corrected chi connectivity index (χ2v) is 11.4. The van der Waals surface area contributed by atoms with E-state index >= 15 is 0 Å². The molecule has 0 N–H and O–H groups in total. The van der Waals surface area contributed by atoms with Crippen LogP contribution in [0.15, 0.2) is 165 Å². The highest BCUT2D eigenvalue weighted by atomic mass is 15.1. The first kappa shape index (κ1) is 30.3. The van der Waals surface area contributed by atoms with Crippen molar-refractivity contribution in [1.82, 2.24) is 0 Å². The van der Waals surface area contributed by atoms with Crippen molar-refractivity contribution in [2.75, 3.05) is 4.90 Å². The van der Waals surface area contributed by atoms with Crippen molar-refractivity contribution in [2.45, 2.75) is 33.1 Å². The number of allylic oxidation sites excluding steroid dienone is 6. The zero-order valence-electron chi connectivity index (χ0n) is 26.3. The maximum absolute atomic E-state index is 3.99. The molecular weight excluding hydrogens is 530 g/mol. The van der Waals surface area contributed by atoms with Gasteiger partial charge in [0.2, 0.25) is 0 Å². The maximum Gasteiger partial charge on any atom is 0.0540 e. The monoisotopic (exact) mass is 571 g/mol.